The van der Waals surface area contributed by atoms with Crippen molar-refractivity contribution in [1.82, 2.24) is 0 Å². The van der Waals surface area contributed by atoms with Crippen LogP contribution in [-0.2, 0) is 15.1 Å². The zero-order chi connectivity index (χ0) is 20.1. The first-order valence-corrected chi connectivity index (χ1v) is 9.70. The summed E-state index contributed by atoms with van der Waals surface area (Å²) in [6.45, 7) is 0.0985. The summed E-state index contributed by atoms with van der Waals surface area (Å²) >= 11 is 0. The molecule has 0 fully saturated rings. The van der Waals surface area contributed by atoms with Crippen molar-refractivity contribution < 1.29 is 19.7 Å². The molecule has 3 aromatic rings. The van der Waals surface area contributed by atoms with Crippen LogP contribution in [0.15, 0.2) is 103 Å². The van der Waals surface area contributed by atoms with Crippen LogP contribution in [0, 0.1) is 0 Å². The molecule has 0 unspecified atom stereocenters. The van der Waals surface area contributed by atoms with Crippen molar-refractivity contribution in [3.05, 3.63) is 120 Å². The Hall–Kier alpha value is -2.92. The fraction of sp³-hybridized carbons (Fsp3) is 0.200. The molecular formula is C25H24O4. The van der Waals surface area contributed by atoms with Crippen LogP contribution in [0.5, 0.6) is 0 Å². The van der Waals surface area contributed by atoms with Crippen molar-refractivity contribution in [1.29, 1.82) is 0 Å². The number of ether oxygens (including phenoxy) is 2. The fourth-order valence-electron chi connectivity index (χ4n) is 3.75. The van der Waals surface area contributed by atoms with Gasteiger partial charge in [-0.3, -0.25) is 0 Å². The molecule has 0 saturated carbocycles. The molecule has 4 rings (SSSR count). The third-order valence-corrected chi connectivity index (χ3v) is 5.26. The number of benzene rings is 3. The molecule has 3 atom stereocenters. The zero-order valence-corrected chi connectivity index (χ0v) is 16.0. The summed E-state index contributed by atoms with van der Waals surface area (Å²) in [6, 6.07) is 30.0. The van der Waals surface area contributed by atoms with Gasteiger partial charge in [0.25, 0.3) is 0 Å². The summed E-state index contributed by atoms with van der Waals surface area (Å²) in [6.07, 6.45) is 0.142. The summed E-state index contributed by atoms with van der Waals surface area (Å²) in [4.78, 5) is 0. The van der Waals surface area contributed by atoms with Gasteiger partial charge >= 0.3 is 0 Å². The molecule has 0 spiro atoms. The minimum absolute atomic E-state index is 0.0985. The lowest BCUT2D eigenvalue weighted by Crippen LogP contribution is -2.45. The molecule has 148 valence electrons. The molecule has 0 saturated heterocycles. The van der Waals surface area contributed by atoms with Gasteiger partial charge in [-0.2, -0.15) is 0 Å². The first kappa shape index (κ1) is 19.4. The van der Waals surface area contributed by atoms with Crippen molar-refractivity contribution >= 4 is 0 Å². The smallest absolute Gasteiger partial charge is 0.150 e. The minimum atomic E-state index is -1.06. The Labute approximate surface area is 170 Å². The van der Waals surface area contributed by atoms with Crippen LogP contribution in [0.3, 0.4) is 0 Å². The summed E-state index contributed by atoms with van der Waals surface area (Å²) in [5.74, 6) is 0. The number of hydrogen-bond donors (Lipinski definition) is 2. The maximum atomic E-state index is 10.3. The highest BCUT2D eigenvalue weighted by molar-refractivity contribution is 5.47. The molecule has 0 amide bonds. The highest BCUT2D eigenvalue weighted by atomic mass is 16.6. The normalized spacial score (nSPS) is 21.5. The van der Waals surface area contributed by atoms with E-state index in [0.717, 1.165) is 16.7 Å². The van der Waals surface area contributed by atoms with Crippen LogP contribution in [0.2, 0.25) is 0 Å². The maximum absolute atomic E-state index is 10.3. The molecule has 0 bridgehead atoms. The molecule has 1 aliphatic heterocycles. The molecule has 29 heavy (non-hydrogen) atoms. The first-order valence-electron chi connectivity index (χ1n) is 9.70. The molecule has 2 N–H and O–H groups in total. The van der Waals surface area contributed by atoms with E-state index in [4.69, 9.17) is 9.47 Å². The molecule has 0 aromatic heterocycles. The van der Waals surface area contributed by atoms with Crippen LogP contribution in [0.1, 0.15) is 16.7 Å². The van der Waals surface area contributed by atoms with E-state index in [0.29, 0.717) is 0 Å². The van der Waals surface area contributed by atoms with E-state index >= 15 is 0 Å². The van der Waals surface area contributed by atoms with Crippen molar-refractivity contribution in [3.63, 3.8) is 0 Å². The average molecular weight is 388 g/mol. The van der Waals surface area contributed by atoms with Crippen LogP contribution < -0.4 is 0 Å². The molecule has 3 aromatic carbocycles. The summed E-state index contributed by atoms with van der Waals surface area (Å²) in [5, 5.41) is 20.3. The lowest BCUT2D eigenvalue weighted by Gasteiger charge is -2.38. The molecule has 4 heteroatoms. The minimum Gasteiger partial charge on any atom is -0.493 e. The third kappa shape index (κ3) is 3.83. The lowest BCUT2D eigenvalue weighted by atomic mass is 9.80. The monoisotopic (exact) mass is 388 g/mol. The maximum Gasteiger partial charge on any atom is 0.150 e. The summed E-state index contributed by atoms with van der Waals surface area (Å²) in [5.41, 5.74) is 2.02. The molecular weight excluding hydrogens is 364 g/mol. The van der Waals surface area contributed by atoms with Crippen LogP contribution in [0.4, 0.5) is 0 Å². The lowest BCUT2D eigenvalue weighted by molar-refractivity contribution is -0.115. The summed E-state index contributed by atoms with van der Waals surface area (Å²) in [7, 11) is 0. The Bertz CT molecular complexity index is 828. The zero-order valence-electron chi connectivity index (χ0n) is 16.0. The quantitative estimate of drug-likeness (QED) is 0.633. The van der Waals surface area contributed by atoms with Crippen molar-refractivity contribution in [2.24, 2.45) is 0 Å². The first-order chi connectivity index (χ1) is 14.2. The van der Waals surface area contributed by atoms with Gasteiger partial charge < -0.3 is 19.7 Å². The van der Waals surface area contributed by atoms with Crippen LogP contribution >= 0.6 is 0 Å². The Morgan fingerprint density at radius 2 is 1.17 bits per heavy atom. The second-order valence-corrected chi connectivity index (χ2v) is 7.07. The molecule has 0 aliphatic carbocycles. The fourth-order valence-corrected chi connectivity index (χ4v) is 3.75. The van der Waals surface area contributed by atoms with Gasteiger partial charge in [-0.15, -0.1) is 0 Å². The molecule has 4 nitrogen and oxygen atoms in total. The Morgan fingerprint density at radius 1 is 0.724 bits per heavy atom. The van der Waals surface area contributed by atoms with Crippen molar-refractivity contribution in [3.8, 4) is 0 Å². The second-order valence-electron chi connectivity index (χ2n) is 7.07. The molecule has 1 heterocycles. The van der Waals surface area contributed by atoms with Gasteiger partial charge in [-0.25, -0.2) is 0 Å². The Kier molecular flexibility index (Phi) is 5.76. The van der Waals surface area contributed by atoms with E-state index < -0.39 is 23.9 Å². The Morgan fingerprint density at radius 3 is 1.62 bits per heavy atom. The number of rotatable bonds is 6. The van der Waals surface area contributed by atoms with Gasteiger partial charge in [0.2, 0.25) is 0 Å². The van der Waals surface area contributed by atoms with Gasteiger partial charge in [-0.1, -0.05) is 91.0 Å². The highest BCUT2D eigenvalue weighted by Crippen LogP contribution is 2.40. The van der Waals surface area contributed by atoms with E-state index in [2.05, 4.69) is 0 Å². The van der Waals surface area contributed by atoms with Crippen molar-refractivity contribution in [2.75, 3.05) is 6.61 Å². The van der Waals surface area contributed by atoms with E-state index in [-0.39, 0.29) is 6.61 Å². The van der Waals surface area contributed by atoms with E-state index in [1.807, 2.05) is 91.0 Å². The van der Waals surface area contributed by atoms with E-state index in [1.54, 1.807) is 0 Å². The van der Waals surface area contributed by atoms with Gasteiger partial charge in [0.15, 0.2) is 0 Å². The standard InChI is InChI=1S/C25H24O4/c26-22-16-17-28-23(24(22)27)18-29-25(19-10-4-1-5-11-19,20-12-6-2-7-13-20)21-14-8-3-9-15-21/h1-17,22-24,26-27H,18H2/t22-,23-,24+/m0/s1. The van der Waals surface area contributed by atoms with Crippen molar-refractivity contribution in [2.45, 2.75) is 23.9 Å². The second kappa shape index (κ2) is 8.62. The van der Waals surface area contributed by atoms with Gasteiger partial charge in [-0.05, 0) is 22.8 Å². The van der Waals surface area contributed by atoms with Crippen LogP contribution in [0.25, 0.3) is 0 Å². The topological polar surface area (TPSA) is 58.9 Å². The average Bonchev–Trinajstić information content (AvgIpc) is 2.79. The summed E-state index contributed by atoms with van der Waals surface area (Å²) < 4.78 is 12.2. The van der Waals surface area contributed by atoms with Crippen LogP contribution in [-0.4, -0.2) is 35.1 Å². The predicted molar refractivity (Wildman–Crippen MR) is 111 cm³/mol. The molecule has 0 radical (unpaired) electrons. The number of hydrogen-bond acceptors (Lipinski definition) is 4. The third-order valence-electron chi connectivity index (χ3n) is 5.26. The number of aliphatic hydroxyl groups is 2. The Balaban J connectivity index is 1.81. The largest absolute Gasteiger partial charge is 0.493 e. The van der Waals surface area contributed by atoms with Gasteiger partial charge in [0.05, 0.1) is 12.9 Å². The highest BCUT2D eigenvalue weighted by Gasteiger charge is 2.40. The molecule has 1 aliphatic rings. The van der Waals surface area contributed by atoms with E-state index in [1.165, 1.54) is 12.3 Å². The van der Waals surface area contributed by atoms with E-state index in [9.17, 15) is 10.2 Å². The number of aliphatic hydroxyl groups excluding tert-OH is 2. The SMILES string of the molecule is O[C@H]1[C@H](COC(c2ccccc2)(c2ccccc2)c2ccccc2)OC=C[C@@H]1O. The van der Waals surface area contributed by atoms with Gasteiger partial charge in [0, 0.05) is 0 Å². The van der Waals surface area contributed by atoms with Gasteiger partial charge in [0.1, 0.15) is 23.9 Å². The predicted octanol–water partition coefficient (Wildman–Crippen LogP) is 3.63.